The lowest BCUT2D eigenvalue weighted by Gasteiger charge is -2.01. The smallest absolute Gasteiger partial charge is 0.139 e. The van der Waals surface area contributed by atoms with Gasteiger partial charge in [-0.25, -0.2) is 9.97 Å². The summed E-state index contributed by atoms with van der Waals surface area (Å²) in [6.07, 6.45) is 0. The zero-order valence-electron chi connectivity index (χ0n) is 7.97. The molecule has 0 fully saturated rings. The third-order valence-electron chi connectivity index (χ3n) is 2.26. The summed E-state index contributed by atoms with van der Waals surface area (Å²) in [5.41, 5.74) is 2.36. The first kappa shape index (κ1) is 8.16. The molecule has 2 heterocycles. The van der Waals surface area contributed by atoms with E-state index < -0.39 is 0 Å². The quantitative estimate of drug-likeness (QED) is 0.625. The van der Waals surface area contributed by atoms with Crippen LogP contribution in [-0.2, 0) is 0 Å². The van der Waals surface area contributed by atoms with Gasteiger partial charge in [-0.3, -0.25) is 0 Å². The molecule has 0 saturated heterocycles. The van der Waals surface area contributed by atoms with E-state index in [4.69, 9.17) is 5.41 Å². The van der Waals surface area contributed by atoms with Crippen LogP contribution in [0.3, 0.4) is 0 Å². The van der Waals surface area contributed by atoms with Crippen molar-refractivity contribution < 1.29 is 0 Å². The molecule has 2 rings (SSSR count). The fraction of sp³-hybridized carbons (Fsp3) is 0.444. The molecule has 4 heteroatoms. The molecule has 1 aliphatic heterocycles. The van der Waals surface area contributed by atoms with Crippen molar-refractivity contribution in [3.8, 4) is 0 Å². The maximum atomic E-state index is 7.81. The van der Waals surface area contributed by atoms with E-state index in [0.717, 1.165) is 22.9 Å². The fourth-order valence-electron chi connectivity index (χ4n) is 1.63. The Morgan fingerprint density at radius 2 is 2.00 bits per heavy atom. The Bertz CT molecular complexity index is 383. The molecule has 0 amide bonds. The summed E-state index contributed by atoms with van der Waals surface area (Å²) in [6, 6.07) is 0.0600. The minimum atomic E-state index is 0.0600. The summed E-state index contributed by atoms with van der Waals surface area (Å²) in [5, 5.41) is 11.0. The minimum absolute atomic E-state index is 0.0600. The summed E-state index contributed by atoms with van der Waals surface area (Å²) in [5.74, 6) is 1.56. The monoisotopic (exact) mass is 176 g/mol. The third kappa shape index (κ3) is 1.09. The fourth-order valence-corrected chi connectivity index (χ4v) is 1.63. The van der Waals surface area contributed by atoms with Crippen LogP contribution in [0.1, 0.15) is 24.0 Å². The van der Waals surface area contributed by atoms with Crippen molar-refractivity contribution in [2.75, 3.05) is 5.32 Å². The molecule has 0 radical (unpaired) electrons. The van der Waals surface area contributed by atoms with Crippen molar-refractivity contribution in [2.45, 2.75) is 26.8 Å². The maximum Gasteiger partial charge on any atom is 0.139 e. The Balaban J connectivity index is 2.64. The molecule has 1 aromatic rings. The molecule has 1 unspecified atom stereocenters. The van der Waals surface area contributed by atoms with Crippen molar-refractivity contribution in [3.63, 3.8) is 0 Å². The lowest BCUT2D eigenvalue weighted by molar-refractivity contribution is 1.00. The Kier molecular flexibility index (Phi) is 1.58. The van der Waals surface area contributed by atoms with Gasteiger partial charge in [-0.05, 0) is 20.8 Å². The van der Waals surface area contributed by atoms with Gasteiger partial charge in [0.2, 0.25) is 0 Å². The number of fused-ring (bicyclic) bond motifs is 1. The molecule has 4 nitrogen and oxygen atoms in total. The van der Waals surface area contributed by atoms with Crippen LogP contribution in [-0.4, -0.2) is 21.7 Å². The molecule has 1 atom stereocenters. The van der Waals surface area contributed by atoms with E-state index in [1.165, 1.54) is 0 Å². The standard InChI is InChI=1S/C9H12N4/c1-4-7-8(10)5(2)12-9(7)13-6(3)11-4/h5,10H,1-3H3,(H,11,12,13). The zero-order chi connectivity index (χ0) is 9.59. The average molecular weight is 176 g/mol. The number of rotatable bonds is 0. The van der Waals surface area contributed by atoms with E-state index in [1.54, 1.807) is 0 Å². The van der Waals surface area contributed by atoms with Crippen LogP contribution in [0, 0.1) is 19.3 Å². The highest BCUT2D eigenvalue weighted by atomic mass is 15.1. The van der Waals surface area contributed by atoms with Crippen LogP contribution in [0.2, 0.25) is 0 Å². The van der Waals surface area contributed by atoms with Crippen molar-refractivity contribution in [2.24, 2.45) is 0 Å². The molecule has 2 N–H and O–H groups in total. The van der Waals surface area contributed by atoms with Crippen LogP contribution in [0.25, 0.3) is 0 Å². The van der Waals surface area contributed by atoms with Crippen LogP contribution in [0.5, 0.6) is 0 Å². The van der Waals surface area contributed by atoms with Gasteiger partial charge < -0.3 is 10.7 Å². The Morgan fingerprint density at radius 3 is 2.69 bits per heavy atom. The Morgan fingerprint density at radius 1 is 1.31 bits per heavy atom. The second-order valence-corrected chi connectivity index (χ2v) is 3.36. The first-order chi connectivity index (χ1) is 6.09. The Hall–Kier alpha value is -1.45. The number of nitrogens with zero attached hydrogens (tertiary/aromatic N) is 2. The third-order valence-corrected chi connectivity index (χ3v) is 2.26. The van der Waals surface area contributed by atoms with Crippen LogP contribution in [0.4, 0.5) is 5.82 Å². The minimum Gasteiger partial charge on any atom is -0.361 e. The zero-order valence-corrected chi connectivity index (χ0v) is 7.97. The lowest BCUT2D eigenvalue weighted by atomic mass is 10.1. The number of hydrogen-bond donors (Lipinski definition) is 2. The number of anilines is 1. The first-order valence-electron chi connectivity index (χ1n) is 4.30. The second kappa shape index (κ2) is 2.52. The van der Waals surface area contributed by atoms with E-state index in [-0.39, 0.29) is 6.04 Å². The molecule has 0 aliphatic carbocycles. The van der Waals surface area contributed by atoms with Gasteiger partial charge in [-0.1, -0.05) is 0 Å². The maximum absolute atomic E-state index is 7.81. The normalized spacial score (nSPS) is 19.9. The summed E-state index contributed by atoms with van der Waals surface area (Å²) in [7, 11) is 0. The van der Waals surface area contributed by atoms with Gasteiger partial charge in [0.25, 0.3) is 0 Å². The van der Waals surface area contributed by atoms with Crippen molar-refractivity contribution in [3.05, 3.63) is 17.1 Å². The summed E-state index contributed by atoms with van der Waals surface area (Å²) >= 11 is 0. The van der Waals surface area contributed by atoms with E-state index in [2.05, 4.69) is 15.3 Å². The van der Waals surface area contributed by atoms with Gasteiger partial charge in [0.1, 0.15) is 11.6 Å². The van der Waals surface area contributed by atoms with Gasteiger partial charge in [0.15, 0.2) is 0 Å². The number of nitrogens with one attached hydrogen (secondary N) is 2. The van der Waals surface area contributed by atoms with Gasteiger partial charge >= 0.3 is 0 Å². The first-order valence-corrected chi connectivity index (χ1v) is 4.30. The molecule has 0 saturated carbocycles. The summed E-state index contributed by atoms with van der Waals surface area (Å²) in [4.78, 5) is 8.49. The van der Waals surface area contributed by atoms with E-state index >= 15 is 0 Å². The van der Waals surface area contributed by atoms with Crippen molar-refractivity contribution in [1.29, 1.82) is 5.41 Å². The predicted octanol–water partition coefficient (Wildman–Crippen LogP) is 1.28. The van der Waals surface area contributed by atoms with Crippen LogP contribution >= 0.6 is 0 Å². The Labute approximate surface area is 76.9 Å². The summed E-state index contributed by atoms with van der Waals surface area (Å²) < 4.78 is 0. The van der Waals surface area contributed by atoms with Crippen LogP contribution in [0.15, 0.2) is 0 Å². The molecule has 0 bridgehead atoms. The molecule has 1 aromatic heterocycles. The van der Waals surface area contributed by atoms with E-state index in [9.17, 15) is 0 Å². The number of hydrogen-bond acceptors (Lipinski definition) is 4. The molecule has 13 heavy (non-hydrogen) atoms. The number of aromatic nitrogens is 2. The number of aryl methyl sites for hydroxylation is 2. The van der Waals surface area contributed by atoms with E-state index in [1.807, 2.05) is 20.8 Å². The highest BCUT2D eigenvalue weighted by Gasteiger charge is 2.26. The molecule has 0 aromatic carbocycles. The molecule has 0 spiro atoms. The highest BCUT2D eigenvalue weighted by Crippen LogP contribution is 2.25. The predicted molar refractivity (Wildman–Crippen MR) is 51.4 cm³/mol. The largest absolute Gasteiger partial charge is 0.361 e. The van der Waals surface area contributed by atoms with Gasteiger partial charge in [-0.15, -0.1) is 0 Å². The van der Waals surface area contributed by atoms with Crippen LogP contribution < -0.4 is 5.32 Å². The van der Waals surface area contributed by atoms with E-state index in [0.29, 0.717) is 5.71 Å². The average Bonchev–Trinajstić information content (AvgIpc) is 2.27. The SMILES string of the molecule is Cc1nc(C)c2c(n1)NC(C)C2=N. The van der Waals surface area contributed by atoms with Crippen molar-refractivity contribution >= 4 is 11.5 Å². The molecular formula is C9H12N4. The van der Waals surface area contributed by atoms with Gasteiger partial charge in [-0.2, -0.15) is 0 Å². The molecule has 1 aliphatic rings. The second-order valence-electron chi connectivity index (χ2n) is 3.36. The summed E-state index contributed by atoms with van der Waals surface area (Å²) in [6.45, 7) is 5.74. The topological polar surface area (TPSA) is 61.7 Å². The molecule has 68 valence electrons. The van der Waals surface area contributed by atoms with Gasteiger partial charge in [0.05, 0.1) is 23.0 Å². The van der Waals surface area contributed by atoms with Crippen molar-refractivity contribution in [1.82, 2.24) is 9.97 Å². The molecular weight excluding hydrogens is 164 g/mol. The van der Waals surface area contributed by atoms with Gasteiger partial charge in [0, 0.05) is 0 Å². The lowest BCUT2D eigenvalue weighted by Crippen LogP contribution is -2.17. The highest BCUT2D eigenvalue weighted by molar-refractivity contribution is 6.11.